The predicted octanol–water partition coefficient (Wildman–Crippen LogP) is 1.08. The van der Waals surface area contributed by atoms with Gasteiger partial charge in [-0.3, -0.25) is 14.9 Å². The maximum Gasteiger partial charge on any atom is 0.347 e. The van der Waals surface area contributed by atoms with Gasteiger partial charge in [0.05, 0.1) is 25.6 Å². The number of benzene rings is 1. The SMILES string of the molecule is COC(=O)CC(Oc1ccccc1[N+](=O)[O-])C(=O)OC. The molecule has 20 heavy (non-hydrogen) atoms. The van der Waals surface area contributed by atoms with E-state index in [-0.39, 0.29) is 11.4 Å². The Kier molecular flexibility index (Phi) is 5.45. The van der Waals surface area contributed by atoms with E-state index in [2.05, 4.69) is 9.47 Å². The predicted molar refractivity (Wildman–Crippen MR) is 66.2 cm³/mol. The molecule has 1 aromatic carbocycles. The third-order valence-electron chi connectivity index (χ3n) is 2.37. The molecule has 0 heterocycles. The second-order valence-electron chi connectivity index (χ2n) is 3.63. The zero-order valence-electron chi connectivity index (χ0n) is 10.9. The smallest absolute Gasteiger partial charge is 0.347 e. The van der Waals surface area contributed by atoms with Crippen LogP contribution in [0.2, 0.25) is 0 Å². The number of hydrogen-bond donors (Lipinski definition) is 0. The highest BCUT2D eigenvalue weighted by molar-refractivity contribution is 5.82. The normalized spacial score (nSPS) is 11.3. The first-order valence-corrected chi connectivity index (χ1v) is 5.54. The van der Waals surface area contributed by atoms with E-state index < -0.39 is 29.4 Å². The molecule has 0 aliphatic carbocycles. The highest BCUT2D eigenvalue weighted by Gasteiger charge is 2.28. The van der Waals surface area contributed by atoms with E-state index in [1.165, 1.54) is 24.3 Å². The molecular weight excluding hydrogens is 270 g/mol. The summed E-state index contributed by atoms with van der Waals surface area (Å²) in [5.74, 6) is -1.65. The van der Waals surface area contributed by atoms with Crippen LogP contribution in [0.15, 0.2) is 24.3 Å². The second-order valence-corrected chi connectivity index (χ2v) is 3.63. The molecule has 0 bridgehead atoms. The minimum Gasteiger partial charge on any atom is -0.471 e. The molecule has 1 atom stereocenters. The molecule has 8 heteroatoms. The van der Waals surface area contributed by atoms with Gasteiger partial charge in [-0.05, 0) is 6.07 Å². The quantitative estimate of drug-likeness (QED) is 0.437. The fourth-order valence-corrected chi connectivity index (χ4v) is 1.40. The van der Waals surface area contributed by atoms with Crippen molar-refractivity contribution >= 4 is 17.6 Å². The number of rotatable bonds is 6. The molecule has 0 saturated carbocycles. The van der Waals surface area contributed by atoms with Crippen LogP contribution >= 0.6 is 0 Å². The topological polar surface area (TPSA) is 105 Å². The highest BCUT2D eigenvalue weighted by atomic mass is 16.6. The Morgan fingerprint density at radius 1 is 1.25 bits per heavy atom. The molecule has 0 aromatic heterocycles. The van der Waals surface area contributed by atoms with Crippen molar-refractivity contribution in [1.29, 1.82) is 0 Å². The van der Waals surface area contributed by atoms with Gasteiger partial charge < -0.3 is 14.2 Å². The summed E-state index contributed by atoms with van der Waals surface area (Å²) < 4.78 is 14.1. The van der Waals surface area contributed by atoms with Crippen molar-refractivity contribution in [2.45, 2.75) is 12.5 Å². The third kappa shape index (κ3) is 3.94. The van der Waals surface area contributed by atoms with E-state index >= 15 is 0 Å². The van der Waals surface area contributed by atoms with Crippen molar-refractivity contribution < 1.29 is 28.7 Å². The summed E-state index contributed by atoms with van der Waals surface area (Å²) in [5.41, 5.74) is -0.314. The Labute approximate surface area is 114 Å². The van der Waals surface area contributed by atoms with Gasteiger partial charge in [-0.2, -0.15) is 0 Å². The van der Waals surface area contributed by atoms with Crippen molar-refractivity contribution in [2.75, 3.05) is 14.2 Å². The summed E-state index contributed by atoms with van der Waals surface area (Å²) >= 11 is 0. The number of nitro benzene ring substituents is 1. The van der Waals surface area contributed by atoms with E-state index in [0.717, 1.165) is 14.2 Å². The van der Waals surface area contributed by atoms with Gasteiger partial charge in [0, 0.05) is 6.07 Å². The average molecular weight is 283 g/mol. The van der Waals surface area contributed by atoms with Gasteiger partial charge in [0.2, 0.25) is 6.10 Å². The first kappa shape index (κ1) is 15.4. The lowest BCUT2D eigenvalue weighted by atomic mass is 10.2. The van der Waals surface area contributed by atoms with Crippen LogP contribution in [0, 0.1) is 10.1 Å². The Balaban J connectivity index is 2.98. The molecule has 0 saturated heterocycles. The number of carbonyl (C=O) groups excluding carboxylic acids is 2. The summed E-state index contributed by atoms with van der Waals surface area (Å²) in [6.07, 6.45) is -1.72. The Hall–Kier alpha value is -2.64. The van der Waals surface area contributed by atoms with Crippen LogP contribution in [-0.4, -0.2) is 37.2 Å². The van der Waals surface area contributed by atoms with Crippen molar-refractivity contribution in [3.05, 3.63) is 34.4 Å². The number of carbonyl (C=O) groups is 2. The minimum absolute atomic E-state index is 0.128. The van der Waals surface area contributed by atoms with Gasteiger partial charge >= 0.3 is 17.6 Å². The van der Waals surface area contributed by atoms with Crippen LogP contribution in [0.25, 0.3) is 0 Å². The molecule has 0 fully saturated rings. The van der Waals surface area contributed by atoms with Crippen LogP contribution < -0.4 is 4.74 Å². The van der Waals surface area contributed by atoms with Crippen LogP contribution in [-0.2, 0) is 19.1 Å². The molecule has 0 radical (unpaired) electrons. The largest absolute Gasteiger partial charge is 0.471 e. The Morgan fingerprint density at radius 3 is 2.45 bits per heavy atom. The minimum atomic E-state index is -1.31. The lowest BCUT2D eigenvalue weighted by Gasteiger charge is -2.15. The molecule has 1 rings (SSSR count). The van der Waals surface area contributed by atoms with Gasteiger partial charge in [0.15, 0.2) is 5.75 Å². The number of nitro groups is 1. The maximum atomic E-state index is 11.5. The van der Waals surface area contributed by atoms with Crippen LogP contribution in [0.3, 0.4) is 0 Å². The molecule has 1 unspecified atom stereocenters. The molecule has 0 aliphatic heterocycles. The van der Waals surface area contributed by atoms with Crippen LogP contribution in [0.1, 0.15) is 6.42 Å². The first-order chi connectivity index (χ1) is 9.49. The summed E-state index contributed by atoms with van der Waals surface area (Å²) in [6, 6.07) is 5.51. The number of hydrogen-bond acceptors (Lipinski definition) is 7. The van der Waals surface area contributed by atoms with Gasteiger partial charge in [-0.1, -0.05) is 12.1 Å². The molecule has 108 valence electrons. The van der Waals surface area contributed by atoms with Crippen molar-refractivity contribution in [2.24, 2.45) is 0 Å². The zero-order chi connectivity index (χ0) is 15.1. The summed E-state index contributed by atoms with van der Waals surface area (Å²) in [5, 5.41) is 10.8. The Morgan fingerprint density at radius 2 is 1.90 bits per heavy atom. The highest BCUT2D eigenvalue weighted by Crippen LogP contribution is 2.27. The lowest BCUT2D eigenvalue weighted by molar-refractivity contribution is -0.386. The third-order valence-corrected chi connectivity index (χ3v) is 2.37. The van der Waals surface area contributed by atoms with Crippen molar-refractivity contribution in [3.8, 4) is 5.75 Å². The van der Waals surface area contributed by atoms with Crippen LogP contribution in [0.4, 0.5) is 5.69 Å². The summed E-state index contributed by atoms with van der Waals surface area (Å²) in [7, 11) is 2.27. The standard InChI is InChI=1S/C12H13NO7/c1-18-11(14)7-10(12(15)19-2)20-9-6-4-3-5-8(9)13(16)17/h3-6,10H,7H2,1-2H3. The van der Waals surface area contributed by atoms with Gasteiger partial charge in [-0.15, -0.1) is 0 Å². The monoisotopic (exact) mass is 283 g/mol. The fraction of sp³-hybridized carbons (Fsp3) is 0.333. The van der Waals surface area contributed by atoms with Crippen molar-refractivity contribution in [1.82, 2.24) is 0 Å². The molecule has 0 amide bonds. The van der Waals surface area contributed by atoms with E-state index in [1.807, 2.05) is 0 Å². The fourth-order valence-electron chi connectivity index (χ4n) is 1.40. The van der Waals surface area contributed by atoms with Gasteiger partial charge in [0.25, 0.3) is 0 Å². The first-order valence-electron chi connectivity index (χ1n) is 5.54. The number of esters is 2. The molecule has 1 aromatic rings. The van der Waals surface area contributed by atoms with Gasteiger partial charge in [0.1, 0.15) is 0 Å². The molecule has 0 N–H and O–H groups in total. The number of methoxy groups -OCH3 is 2. The molecule has 8 nitrogen and oxygen atoms in total. The van der Waals surface area contributed by atoms with E-state index in [0.29, 0.717) is 0 Å². The van der Waals surface area contributed by atoms with E-state index in [9.17, 15) is 19.7 Å². The van der Waals surface area contributed by atoms with E-state index in [4.69, 9.17) is 4.74 Å². The molecule has 0 spiro atoms. The average Bonchev–Trinajstić information content (AvgIpc) is 2.45. The van der Waals surface area contributed by atoms with E-state index in [1.54, 1.807) is 0 Å². The number of para-hydroxylation sites is 2. The second kappa shape index (κ2) is 7.07. The zero-order valence-corrected chi connectivity index (χ0v) is 10.9. The number of ether oxygens (including phenoxy) is 3. The lowest BCUT2D eigenvalue weighted by Crippen LogP contribution is -2.31. The van der Waals surface area contributed by atoms with Crippen LogP contribution in [0.5, 0.6) is 5.75 Å². The summed E-state index contributed by atoms with van der Waals surface area (Å²) in [6.45, 7) is 0. The number of nitrogens with zero attached hydrogens (tertiary/aromatic N) is 1. The Bertz CT molecular complexity index is 514. The summed E-state index contributed by atoms with van der Waals surface area (Å²) in [4.78, 5) is 32.9. The molecular formula is C12H13NO7. The van der Waals surface area contributed by atoms with Crippen molar-refractivity contribution in [3.63, 3.8) is 0 Å². The van der Waals surface area contributed by atoms with Gasteiger partial charge in [-0.25, -0.2) is 4.79 Å². The maximum absolute atomic E-state index is 11.5. The molecule has 0 aliphatic rings.